The van der Waals surface area contributed by atoms with Crippen molar-refractivity contribution < 1.29 is 9.32 Å². The zero-order valence-electron chi connectivity index (χ0n) is 12.9. The molecule has 1 atom stereocenters. The molecule has 2 aromatic heterocycles. The fourth-order valence-electron chi connectivity index (χ4n) is 2.92. The van der Waals surface area contributed by atoms with E-state index in [9.17, 15) is 4.79 Å². The van der Waals surface area contributed by atoms with Crippen molar-refractivity contribution in [1.82, 2.24) is 20.3 Å². The molecule has 0 bridgehead atoms. The van der Waals surface area contributed by atoms with E-state index in [-0.39, 0.29) is 11.9 Å². The molecule has 2 N–H and O–H groups in total. The Morgan fingerprint density at radius 3 is 2.86 bits per heavy atom. The molecule has 0 aromatic carbocycles. The van der Waals surface area contributed by atoms with Gasteiger partial charge in [0.15, 0.2) is 0 Å². The van der Waals surface area contributed by atoms with Crippen molar-refractivity contribution in [2.75, 3.05) is 18.4 Å². The predicted molar refractivity (Wildman–Crippen MR) is 81.5 cm³/mol. The first kappa shape index (κ1) is 14.8. The minimum atomic E-state index is -0.185. The van der Waals surface area contributed by atoms with Crippen molar-refractivity contribution in [3.05, 3.63) is 29.7 Å². The molecule has 2 aromatic rings. The minimum Gasteiger partial charge on any atom is -0.338 e. The van der Waals surface area contributed by atoms with E-state index in [4.69, 9.17) is 4.52 Å². The molecule has 0 unspecified atom stereocenters. The largest absolute Gasteiger partial charge is 0.338 e. The topological polar surface area (TPSA) is 87.0 Å². The van der Waals surface area contributed by atoms with Crippen LogP contribution in [0.3, 0.4) is 0 Å². The van der Waals surface area contributed by atoms with Gasteiger partial charge in [0.1, 0.15) is 0 Å². The maximum atomic E-state index is 12.3. The summed E-state index contributed by atoms with van der Waals surface area (Å²) in [5.74, 6) is 0.878. The fourth-order valence-corrected chi connectivity index (χ4v) is 2.92. The zero-order chi connectivity index (χ0) is 15.5. The number of likely N-dealkylation sites (tertiary alicyclic amines) is 1. The van der Waals surface area contributed by atoms with Crippen molar-refractivity contribution >= 4 is 11.8 Å². The maximum Gasteiger partial charge on any atom is 0.243 e. The predicted octanol–water partition coefficient (Wildman–Crippen LogP) is 1.91. The van der Waals surface area contributed by atoms with Crippen LogP contribution >= 0.6 is 0 Å². The number of carbonyl (C=O) groups excluding carboxylic acids is 1. The van der Waals surface area contributed by atoms with Gasteiger partial charge in [0.05, 0.1) is 17.9 Å². The quantitative estimate of drug-likeness (QED) is 0.901. The lowest BCUT2D eigenvalue weighted by Crippen LogP contribution is -2.45. The van der Waals surface area contributed by atoms with Gasteiger partial charge in [0.2, 0.25) is 11.8 Å². The lowest BCUT2D eigenvalue weighted by atomic mass is 9.91. The zero-order valence-corrected chi connectivity index (χ0v) is 12.9. The summed E-state index contributed by atoms with van der Waals surface area (Å²) in [6.07, 6.45) is 5.93. The maximum absolute atomic E-state index is 12.3. The van der Waals surface area contributed by atoms with Gasteiger partial charge in [0.25, 0.3) is 0 Å². The van der Waals surface area contributed by atoms with Gasteiger partial charge in [-0.25, -0.2) is 0 Å². The molecule has 0 aliphatic carbocycles. The van der Waals surface area contributed by atoms with Gasteiger partial charge < -0.3 is 4.52 Å². The molecular formula is C15H21N5O2. The molecule has 1 aliphatic heterocycles. The second-order valence-corrected chi connectivity index (χ2v) is 5.84. The van der Waals surface area contributed by atoms with Crippen LogP contribution in [0.5, 0.6) is 0 Å². The summed E-state index contributed by atoms with van der Waals surface area (Å²) >= 11 is 0. The second-order valence-electron chi connectivity index (χ2n) is 5.84. The number of hydrogen-bond acceptors (Lipinski definition) is 5. The lowest BCUT2D eigenvalue weighted by Gasteiger charge is -2.34. The van der Waals surface area contributed by atoms with Crippen LogP contribution in [0.15, 0.2) is 23.0 Å². The Balaban J connectivity index is 1.53. The molecule has 3 rings (SSSR count). The molecule has 7 heteroatoms. The number of aromatic nitrogens is 3. The Kier molecular flexibility index (Phi) is 4.24. The van der Waals surface area contributed by atoms with E-state index in [2.05, 4.69) is 25.6 Å². The first-order valence-corrected chi connectivity index (χ1v) is 7.60. The van der Waals surface area contributed by atoms with Gasteiger partial charge >= 0.3 is 0 Å². The van der Waals surface area contributed by atoms with E-state index in [1.807, 2.05) is 26.2 Å². The van der Waals surface area contributed by atoms with Crippen molar-refractivity contribution in [2.45, 2.75) is 38.6 Å². The van der Waals surface area contributed by atoms with Crippen LogP contribution in [0.4, 0.5) is 5.88 Å². The highest BCUT2D eigenvalue weighted by Gasteiger charge is 2.28. The number of aryl methyl sites for hydroxylation is 1. The third-order valence-electron chi connectivity index (χ3n) is 4.32. The number of nitrogens with one attached hydrogen (secondary N) is 2. The minimum absolute atomic E-state index is 0.0575. The monoisotopic (exact) mass is 303 g/mol. The molecule has 1 saturated heterocycles. The molecule has 1 fully saturated rings. The van der Waals surface area contributed by atoms with Crippen LogP contribution in [0.25, 0.3) is 0 Å². The molecule has 22 heavy (non-hydrogen) atoms. The lowest BCUT2D eigenvalue weighted by molar-refractivity contribution is -0.121. The summed E-state index contributed by atoms with van der Waals surface area (Å²) in [6.45, 7) is 5.56. The van der Waals surface area contributed by atoms with Crippen LogP contribution in [0.2, 0.25) is 0 Å². The Morgan fingerprint density at radius 1 is 1.50 bits per heavy atom. The summed E-state index contributed by atoms with van der Waals surface area (Å²) in [6, 6.07) is 1.53. The summed E-state index contributed by atoms with van der Waals surface area (Å²) < 4.78 is 5.03. The van der Waals surface area contributed by atoms with Crippen LogP contribution in [0.1, 0.15) is 36.9 Å². The van der Waals surface area contributed by atoms with E-state index in [0.717, 1.165) is 31.6 Å². The molecule has 118 valence electrons. The number of H-pyrrole nitrogens is 1. The van der Waals surface area contributed by atoms with Gasteiger partial charge in [-0.05, 0) is 51.3 Å². The average Bonchev–Trinajstić information content (AvgIpc) is 3.18. The highest BCUT2D eigenvalue weighted by atomic mass is 16.5. The smallest absolute Gasteiger partial charge is 0.243 e. The molecule has 1 aliphatic rings. The van der Waals surface area contributed by atoms with Gasteiger partial charge in [-0.15, -0.1) is 0 Å². The van der Waals surface area contributed by atoms with Crippen molar-refractivity contribution in [1.29, 1.82) is 0 Å². The number of carbonyl (C=O) groups is 1. The fraction of sp³-hybridized carbons (Fsp3) is 0.533. The van der Waals surface area contributed by atoms with Crippen LogP contribution in [-0.2, 0) is 4.79 Å². The molecule has 7 nitrogen and oxygen atoms in total. The van der Waals surface area contributed by atoms with Crippen molar-refractivity contribution in [3.8, 4) is 0 Å². The molecular weight excluding hydrogens is 282 g/mol. The summed E-state index contributed by atoms with van der Waals surface area (Å²) in [4.78, 5) is 14.5. The van der Waals surface area contributed by atoms with Crippen LogP contribution in [0, 0.1) is 6.92 Å². The first-order chi connectivity index (χ1) is 10.6. The van der Waals surface area contributed by atoms with E-state index in [1.165, 1.54) is 5.56 Å². The molecule has 1 amide bonds. The van der Waals surface area contributed by atoms with E-state index >= 15 is 0 Å². The van der Waals surface area contributed by atoms with Crippen LogP contribution < -0.4 is 5.32 Å². The summed E-state index contributed by atoms with van der Waals surface area (Å²) in [7, 11) is 0. The molecule has 3 heterocycles. The number of amides is 1. The third kappa shape index (κ3) is 3.19. The van der Waals surface area contributed by atoms with E-state index in [1.54, 1.807) is 6.07 Å². The van der Waals surface area contributed by atoms with Gasteiger partial charge in [-0.2, -0.15) is 5.10 Å². The molecule has 0 saturated carbocycles. The standard InChI is InChI=1S/C15H21N5O2/c1-10-7-14(22-19-10)18-15(21)11(2)20-5-3-12(4-6-20)13-8-16-17-9-13/h7-9,11-12H,3-6H2,1-2H3,(H,16,17)(H,18,21)/t11-/m0/s1. The SMILES string of the molecule is Cc1cc(NC(=O)[C@H](C)N2CCC(c3cn[nH]c3)CC2)on1. The van der Waals surface area contributed by atoms with Crippen molar-refractivity contribution in [3.63, 3.8) is 0 Å². The number of anilines is 1. The highest BCUT2D eigenvalue weighted by Crippen LogP contribution is 2.28. The Morgan fingerprint density at radius 2 is 2.27 bits per heavy atom. The first-order valence-electron chi connectivity index (χ1n) is 7.60. The number of nitrogens with zero attached hydrogens (tertiary/aromatic N) is 3. The number of piperidine rings is 1. The van der Waals surface area contributed by atoms with E-state index < -0.39 is 0 Å². The van der Waals surface area contributed by atoms with Crippen LogP contribution in [-0.4, -0.2) is 45.3 Å². The van der Waals surface area contributed by atoms with Gasteiger partial charge in [-0.1, -0.05) is 5.16 Å². The third-order valence-corrected chi connectivity index (χ3v) is 4.32. The Hall–Kier alpha value is -2.15. The number of hydrogen-bond donors (Lipinski definition) is 2. The summed E-state index contributed by atoms with van der Waals surface area (Å²) in [5.41, 5.74) is 2.01. The highest BCUT2D eigenvalue weighted by molar-refractivity contribution is 5.93. The molecule has 0 spiro atoms. The number of rotatable bonds is 4. The normalized spacial score (nSPS) is 18.3. The number of aromatic amines is 1. The second kappa shape index (κ2) is 6.31. The van der Waals surface area contributed by atoms with Gasteiger partial charge in [-0.3, -0.25) is 20.1 Å². The summed E-state index contributed by atoms with van der Waals surface area (Å²) in [5, 5.41) is 13.4. The van der Waals surface area contributed by atoms with E-state index in [0.29, 0.717) is 11.8 Å². The molecule has 0 radical (unpaired) electrons. The Bertz CT molecular complexity index is 614. The van der Waals surface area contributed by atoms with Crippen molar-refractivity contribution in [2.24, 2.45) is 0 Å². The average molecular weight is 303 g/mol. The Labute approximate surface area is 129 Å². The van der Waals surface area contributed by atoms with Gasteiger partial charge in [0, 0.05) is 12.3 Å².